The molecule has 1 aromatic heterocycles. The first kappa shape index (κ1) is 17.5. The first-order valence-electron chi connectivity index (χ1n) is 7.60. The van der Waals surface area contributed by atoms with E-state index >= 15 is 0 Å². The van der Waals surface area contributed by atoms with Gasteiger partial charge in [0.05, 0.1) is 21.1 Å². The van der Waals surface area contributed by atoms with Gasteiger partial charge in [0, 0.05) is 13.1 Å². The Balaban J connectivity index is 1.79. The zero-order chi connectivity index (χ0) is 18.0. The molecule has 0 bridgehead atoms. The number of nitrogens with zero attached hydrogens (tertiary/aromatic N) is 1. The van der Waals surface area contributed by atoms with Crippen molar-refractivity contribution >= 4 is 40.3 Å². The Bertz CT molecular complexity index is 977. The van der Waals surface area contributed by atoms with Gasteiger partial charge < -0.3 is 15.6 Å². The van der Waals surface area contributed by atoms with Crippen molar-refractivity contribution in [1.29, 1.82) is 0 Å². The predicted molar refractivity (Wildman–Crippen MR) is 99.4 cm³/mol. The molecule has 0 aliphatic rings. The van der Waals surface area contributed by atoms with Gasteiger partial charge in [0.15, 0.2) is 0 Å². The summed E-state index contributed by atoms with van der Waals surface area (Å²) in [5.74, 6) is 0. The molecule has 25 heavy (non-hydrogen) atoms. The van der Waals surface area contributed by atoms with E-state index in [1.807, 2.05) is 31.3 Å². The largest absolute Gasteiger partial charge is 0.334 e. The number of carbonyl (C=O) groups excluding carboxylic acids is 1. The highest BCUT2D eigenvalue weighted by atomic mass is 35.5. The maximum Gasteiger partial charge on any atom is 0.334 e. The van der Waals surface area contributed by atoms with Crippen molar-refractivity contribution in [3.8, 4) is 0 Å². The molecule has 0 saturated heterocycles. The van der Waals surface area contributed by atoms with Gasteiger partial charge in [-0.1, -0.05) is 47.5 Å². The summed E-state index contributed by atoms with van der Waals surface area (Å²) in [4.78, 5) is 27.1. The second-order valence-corrected chi connectivity index (χ2v) is 6.37. The number of imidazole rings is 1. The van der Waals surface area contributed by atoms with Crippen LogP contribution in [0.2, 0.25) is 10.0 Å². The van der Waals surface area contributed by atoms with E-state index in [4.69, 9.17) is 23.2 Å². The lowest BCUT2D eigenvalue weighted by molar-refractivity contribution is 0.242. The minimum atomic E-state index is -0.546. The van der Waals surface area contributed by atoms with Crippen LogP contribution in [0.25, 0.3) is 11.0 Å². The molecule has 2 aromatic carbocycles. The molecule has 0 aliphatic heterocycles. The fourth-order valence-electron chi connectivity index (χ4n) is 2.54. The highest BCUT2D eigenvalue weighted by Gasteiger charge is 2.15. The van der Waals surface area contributed by atoms with E-state index in [1.54, 1.807) is 0 Å². The number of rotatable bonds is 4. The van der Waals surface area contributed by atoms with Crippen molar-refractivity contribution in [2.24, 2.45) is 0 Å². The second-order valence-electron chi connectivity index (χ2n) is 5.55. The molecule has 8 heteroatoms. The first-order valence-corrected chi connectivity index (χ1v) is 8.35. The van der Waals surface area contributed by atoms with Crippen LogP contribution in [0.15, 0.2) is 41.2 Å². The van der Waals surface area contributed by atoms with Crippen LogP contribution in [0, 0.1) is 0 Å². The molecule has 1 heterocycles. The standard InChI is InChI=1S/C17H16Cl2N4O2/c1-20-8-10-2-4-11(5-3-10)9-21-16(24)23-15-7-13(19)12(18)6-14(15)22-17(23)25/h2-7,20H,8-9H2,1H3,(H,21,24)(H,22,25). The molecular weight excluding hydrogens is 363 g/mol. The quantitative estimate of drug-likeness (QED) is 0.652. The highest BCUT2D eigenvalue weighted by molar-refractivity contribution is 6.42. The van der Waals surface area contributed by atoms with Crippen LogP contribution >= 0.6 is 23.2 Å². The number of fused-ring (bicyclic) bond motifs is 1. The maximum absolute atomic E-state index is 12.4. The number of nitrogens with one attached hydrogen (secondary N) is 3. The average Bonchev–Trinajstić information content (AvgIpc) is 2.89. The normalized spacial score (nSPS) is 11.0. The number of aromatic nitrogens is 2. The van der Waals surface area contributed by atoms with Gasteiger partial charge in [-0.15, -0.1) is 0 Å². The minimum absolute atomic E-state index is 0.273. The number of H-pyrrole nitrogens is 1. The fourth-order valence-corrected chi connectivity index (χ4v) is 2.86. The Labute approximate surface area is 153 Å². The number of hydrogen-bond acceptors (Lipinski definition) is 3. The number of amides is 1. The summed E-state index contributed by atoms with van der Waals surface area (Å²) in [6.45, 7) is 1.08. The first-order chi connectivity index (χ1) is 12.0. The number of hydrogen-bond donors (Lipinski definition) is 3. The van der Waals surface area contributed by atoms with Crippen molar-refractivity contribution in [2.75, 3.05) is 7.05 Å². The molecule has 3 aromatic rings. The maximum atomic E-state index is 12.4. The van der Waals surface area contributed by atoms with Gasteiger partial charge in [-0.25, -0.2) is 14.2 Å². The molecule has 130 valence electrons. The van der Waals surface area contributed by atoms with Crippen LogP contribution in [0.5, 0.6) is 0 Å². The van der Waals surface area contributed by atoms with Crippen molar-refractivity contribution < 1.29 is 4.79 Å². The number of benzene rings is 2. The Kier molecular flexibility index (Phi) is 5.13. The van der Waals surface area contributed by atoms with E-state index in [2.05, 4.69) is 15.6 Å². The molecule has 0 spiro atoms. The van der Waals surface area contributed by atoms with Gasteiger partial charge >= 0.3 is 11.7 Å². The summed E-state index contributed by atoms with van der Waals surface area (Å²) in [5.41, 5.74) is 2.36. The van der Waals surface area contributed by atoms with Crippen LogP contribution < -0.4 is 16.3 Å². The molecule has 1 amide bonds. The lowest BCUT2D eigenvalue weighted by Crippen LogP contribution is -2.34. The number of carbonyl (C=O) groups is 1. The van der Waals surface area contributed by atoms with E-state index in [-0.39, 0.29) is 5.02 Å². The molecule has 0 atom stereocenters. The lowest BCUT2D eigenvalue weighted by Gasteiger charge is -2.07. The van der Waals surface area contributed by atoms with E-state index in [1.165, 1.54) is 12.1 Å². The van der Waals surface area contributed by atoms with Crippen LogP contribution in [-0.2, 0) is 13.1 Å². The zero-order valence-electron chi connectivity index (χ0n) is 13.4. The molecule has 0 saturated carbocycles. The Hall–Kier alpha value is -2.28. The summed E-state index contributed by atoms with van der Waals surface area (Å²) in [7, 11) is 1.88. The predicted octanol–water partition coefficient (Wildman–Crippen LogP) is 3.11. The SMILES string of the molecule is CNCc1ccc(CNC(=O)n2c(=O)[nH]c3cc(Cl)c(Cl)cc32)cc1. The molecule has 0 radical (unpaired) electrons. The van der Waals surface area contributed by atoms with Crippen LogP contribution in [0.3, 0.4) is 0 Å². The van der Waals surface area contributed by atoms with Gasteiger partial charge in [-0.3, -0.25) is 0 Å². The van der Waals surface area contributed by atoms with Crippen LogP contribution in [0.4, 0.5) is 4.79 Å². The average molecular weight is 379 g/mol. The lowest BCUT2D eigenvalue weighted by atomic mass is 10.1. The molecular formula is C17H16Cl2N4O2. The fraction of sp³-hybridized carbons (Fsp3) is 0.176. The van der Waals surface area contributed by atoms with Crippen molar-refractivity contribution in [3.63, 3.8) is 0 Å². The second kappa shape index (κ2) is 7.31. The molecule has 0 aliphatic carbocycles. The van der Waals surface area contributed by atoms with E-state index in [0.717, 1.165) is 22.2 Å². The Morgan fingerprint density at radius 3 is 2.32 bits per heavy atom. The Morgan fingerprint density at radius 1 is 1.08 bits per heavy atom. The smallest absolute Gasteiger partial charge is 0.333 e. The van der Waals surface area contributed by atoms with Gasteiger partial charge in [0.1, 0.15) is 0 Å². The molecule has 6 nitrogen and oxygen atoms in total. The van der Waals surface area contributed by atoms with Gasteiger partial charge in [0.2, 0.25) is 0 Å². The van der Waals surface area contributed by atoms with Gasteiger partial charge in [-0.05, 0) is 30.3 Å². The summed E-state index contributed by atoms with van der Waals surface area (Å²) in [6, 6.07) is 10.3. The minimum Gasteiger partial charge on any atom is -0.333 e. The topological polar surface area (TPSA) is 78.9 Å². The van der Waals surface area contributed by atoms with Gasteiger partial charge in [-0.2, -0.15) is 0 Å². The summed E-state index contributed by atoms with van der Waals surface area (Å²) in [6.07, 6.45) is 0. The van der Waals surface area contributed by atoms with Crippen LogP contribution in [0.1, 0.15) is 11.1 Å². The summed E-state index contributed by atoms with van der Waals surface area (Å²) >= 11 is 11.9. The third kappa shape index (κ3) is 3.71. The summed E-state index contributed by atoms with van der Waals surface area (Å²) < 4.78 is 1.01. The summed E-state index contributed by atoms with van der Waals surface area (Å²) in [5, 5.41) is 6.39. The number of aromatic amines is 1. The van der Waals surface area contributed by atoms with Crippen molar-refractivity contribution in [3.05, 3.63) is 68.1 Å². The molecule has 3 N–H and O–H groups in total. The van der Waals surface area contributed by atoms with Crippen molar-refractivity contribution in [1.82, 2.24) is 20.2 Å². The van der Waals surface area contributed by atoms with Crippen LogP contribution in [-0.4, -0.2) is 22.6 Å². The third-order valence-electron chi connectivity index (χ3n) is 3.77. The van der Waals surface area contributed by atoms with Gasteiger partial charge in [0.25, 0.3) is 0 Å². The number of halogens is 2. The van der Waals surface area contributed by atoms with E-state index in [0.29, 0.717) is 22.6 Å². The van der Waals surface area contributed by atoms with E-state index in [9.17, 15) is 9.59 Å². The monoisotopic (exact) mass is 378 g/mol. The molecule has 0 unspecified atom stereocenters. The van der Waals surface area contributed by atoms with E-state index < -0.39 is 11.7 Å². The third-order valence-corrected chi connectivity index (χ3v) is 4.50. The molecule has 3 rings (SSSR count). The Morgan fingerprint density at radius 2 is 1.68 bits per heavy atom. The van der Waals surface area contributed by atoms with Crippen molar-refractivity contribution in [2.45, 2.75) is 13.1 Å². The molecule has 0 fully saturated rings. The highest BCUT2D eigenvalue weighted by Crippen LogP contribution is 2.26. The zero-order valence-corrected chi connectivity index (χ0v) is 14.9.